The van der Waals surface area contributed by atoms with Crippen molar-refractivity contribution < 1.29 is 4.92 Å². The Kier molecular flexibility index (Phi) is 5.06. The third-order valence-electron chi connectivity index (χ3n) is 3.66. The van der Waals surface area contributed by atoms with Gasteiger partial charge in [-0.25, -0.2) is 4.98 Å². The largest absolute Gasteiger partial charge is 0.360 e. The molecule has 0 aliphatic heterocycles. The highest BCUT2D eigenvalue weighted by Crippen LogP contribution is 2.27. The normalized spacial score (nSPS) is 11.0. The maximum Gasteiger partial charge on any atom is 0.269 e. The van der Waals surface area contributed by atoms with Gasteiger partial charge in [0.05, 0.1) is 10.6 Å². The third kappa shape index (κ3) is 3.94. The zero-order valence-electron chi connectivity index (χ0n) is 13.8. The molecule has 0 saturated heterocycles. The van der Waals surface area contributed by atoms with Crippen molar-refractivity contribution in [1.82, 2.24) is 4.98 Å². The van der Waals surface area contributed by atoms with E-state index in [0.717, 1.165) is 16.8 Å². The van der Waals surface area contributed by atoms with Crippen molar-refractivity contribution in [3.63, 3.8) is 0 Å². The number of hydrogen-bond donors (Lipinski definition) is 1. The zero-order valence-corrected chi connectivity index (χ0v) is 14.7. The molecule has 0 bridgehead atoms. The molecule has 7 heteroatoms. The van der Waals surface area contributed by atoms with Crippen LogP contribution in [0.2, 0.25) is 0 Å². The van der Waals surface area contributed by atoms with Crippen molar-refractivity contribution in [1.29, 1.82) is 5.26 Å². The van der Waals surface area contributed by atoms with E-state index in [1.807, 2.05) is 36.6 Å². The van der Waals surface area contributed by atoms with Gasteiger partial charge in [0.1, 0.15) is 16.6 Å². The maximum atomic E-state index is 10.7. The molecule has 6 nitrogen and oxygen atoms in total. The SMILES string of the molecule is Cc1ccc(NC=C(C#N)c2nc(-c3ccc([N+](=O)[O-])cc3)cs2)cc1. The molecule has 3 rings (SSSR count). The summed E-state index contributed by atoms with van der Waals surface area (Å²) in [6.07, 6.45) is 1.63. The first-order chi connectivity index (χ1) is 12.6. The number of benzene rings is 2. The van der Waals surface area contributed by atoms with Crippen molar-refractivity contribution in [2.75, 3.05) is 5.32 Å². The van der Waals surface area contributed by atoms with Gasteiger partial charge in [-0.3, -0.25) is 10.1 Å². The number of nitrogens with one attached hydrogen (secondary N) is 1. The van der Waals surface area contributed by atoms with Gasteiger partial charge in [0, 0.05) is 35.0 Å². The van der Waals surface area contributed by atoms with Crippen LogP contribution in [0.25, 0.3) is 16.8 Å². The van der Waals surface area contributed by atoms with Gasteiger partial charge in [-0.05, 0) is 31.2 Å². The second-order valence-electron chi connectivity index (χ2n) is 5.52. The Labute approximate surface area is 154 Å². The number of nitrogens with zero attached hydrogens (tertiary/aromatic N) is 3. The molecule has 2 aromatic carbocycles. The van der Waals surface area contributed by atoms with E-state index in [1.165, 1.54) is 23.5 Å². The summed E-state index contributed by atoms with van der Waals surface area (Å²) in [4.78, 5) is 14.8. The fourth-order valence-corrected chi connectivity index (χ4v) is 3.03. The monoisotopic (exact) mass is 362 g/mol. The minimum Gasteiger partial charge on any atom is -0.360 e. The van der Waals surface area contributed by atoms with Crippen LogP contribution in [0.15, 0.2) is 60.1 Å². The van der Waals surface area contributed by atoms with E-state index in [9.17, 15) is 15.4 Å². The third-order valence-corrected chi connectivity index (χ3v) is 4.54. The van der Waals surface area contributed by atoms with Crippen LogP contribution in [-0.4, -0.2) is 9.91 Å². The zero-order chi connectivity index (χ0) is 18.5. The molecule has 0 aliphatic carbocycles. The molecule has 1 N–H and O–H groups in total. The number of anilines is 1. The highest BCUT2D eigenvalue weighted by atomic mass is 32.1. The summed E-state index contributed by atoms with van der Waals surface area (Å²) in [5.74, 6) is 0. The van der Waals surface area contributed by atoms with Gasteiger partial charge in [-0.15, -0.1) is 11.3 Å². The highest BCUT2D eigenvalue weighted by molar-refractivity contribution is 7.11. The Bertz CT molecular complexity index is 999. The molecule has 0 radical (unpaired) electrons. The molecule has 128 valence electrons. The average molecular weight is 362 g/mol. The summed E-state index contributed by atoms with van der Waals surface area (Å²) in [7, 11) is 0. The van der Waals surface area contributed by atoms with E-state index >= 15 is 0 Å². The van der Waals surface area contributed by atoms with Crippen molar-refractivity contribution in [3.8, 4) is 17.3 Å². The van der Waals surface area contributed by atoms with E-state index in [4.69, 9.17) is 0 Å². The van der Waals surface area contributed by atoms with E-state index in [1.54, 1.807) is 18.3 Å². The predicted molar refractivity (Wildman–Crippen MR) is 103 cm³/mol. The number of nitriles is 1. The summed E-state index contributed by atoms with van der Waals surface area (Å²) in [5, 5.41) is 25.7. The van der Waals surface area contributed by atoms with Crippen LogP contribution in [0.3, 0.4) is 0 Å². The maximum absolute atomic E-state index is 10.7. The van der Waals surface area contributed by atoms with Gasteiger partial charge in [-0.1, -0.05) is 17.7 Å². The summed E-state index contributed by atoms with van der Waals surface area (Å²) < 4.78 is 0. The molecule has 0 atom stereocenters. The minimum absolute atomic E-state index is 0.0316. The fourth-order valence-electron chi connectivity index (χ4n) is 2.23. The molecule has 0 aliphatic rings. The van der Waals surface area contributed by atoms with Gasteiger partial charge in [0.25, 0.3) is 5.69 Å². The highest BCUT2D eigenvalue weighted by Gasteiger charge is 2.11. The lowest BCUT2D eigenvalue weighted by Crippen LogP contribution is -1.91. The Hall–Kier alpha value is -3.50. The standard InChI is InChI=1S/C19H14N4O2S/c1-13-2-6-16(7-3-13)21-11-15(10-20)19-22-18(12-26-19)14-4-8-17(9-5-14)23(24)25/h2-9,11-12,21H,1H3. The quantitative estimate of drug-likeness (QED) is 0.391. The van der Waals surface area contributed by atoms with Crippen LogP contribution in [0, 0.1) is 28.4 Å². The molecule has 0 spiro atoms. The number of thiazole rings is 1. The van der Waals surface area contributed by atoms with E-state index in [0.29, 0.717) is 16.3 Å². The lowest BCUT2D eigenvalue weighted by atomic mass is 10.1. The van der Waals surface area contributed by atoms with Crippen LogP contribution in [0.1, 0.15) is 10.6 Å². The number of nitro benzene ring substituents is 1. The van der Waals surface area contributed by atoms with Gasteiger partial charge < -0.3 is 5.32 Å². The van der Waals surface area contributed by atoms with E-state index in [2.05, 4.69) is 16.4 Å². The molecular weight excluding hydrogens is 348 g/mol. The number of aromatic nitrogens is 1. The Morgan fingerprint density at radius 3 is 2.54 bits per heavy atom. The van der Waals surface area contributed by atoms with Gasteiger partial charge >= 0.3 is 0 Å². The summed E-state index contributed by atoms with van der Waals surface area (Å²) >= 11 is 1.35. The predicted octanol–water partition coefficient (Wildman–Crippen LogP) is 5.00. The smallest absolute Gasteiger partial charge is 0.269 e. The molecule has 1 heterocycles. The number of aryl methyl sites for hydroxylation is 1. The number of allylic oxidation sites excluding steroid dienone is 1. The Morgan fingerprint density at radius 1 is 1.23 bits per heavy atom. The van der Waals surface area contributed by atoms with E-state index < -0.39 is 4.92 Å². The molecule has 0 fully saturated rings. The lowest BCUT2D eigenvalue weighted by molar-refractivity contribution is -0.384. The van der Waals surface area contributed by atoms with Crippen LogP contribution < -0.4 is 5.32 Å². The molecule has 0 amide bonds. The molecule has 26 heavy (non-hydrogen) atoms. The number of nitro groups is 1. The van der Waals surface area contributed by atoms with Crippen LogP contribution in [0.4, 0.5) is 11.4 Å². The Morgan fingerprint density at radius 2 is 1.92 bits per heavy atom. The van der Waals surface area contributed by atoms with Crippen molar-refractivity contribution in [2.24, 2.45) is 0 Å². The van der Waals surface area contributed by atoms with Crippen LogP contribution in [-0.2, 0) is 0 Å². The van der Waals surface area contributed by atoms with Crippen molar-refractivity contribution >= 4 is 28.3 Å². The van der Waals surface area contributed by atoms with Crippen molar-refractivity contribution in [3.05, 3.63) is 80.8 Å². The lowest BCUT2D eigenvalue weighted by Gasteiger charge is -2.01. The number of non-ortho nitro benzene ring substituents is 1. The topological polar surface area (TPSA) is 91.8 Å². The van der Waals surface area contributed by atoms with Crippen LogP contribution in [0.5, 0.6) is 0 Å². The van der Waals surface area contributed by atoms with Crippen molar-refractivity contribution in [2.45, 2.75) is 6.92 Å². The molecule has 0 saturated carbocycles. The Balaban J connectivity index is 1.80. The average Bonchev–Trinajstić information content (AvgIpc) is 3.14. The second kappa shape index (κ2) is 7.59. The summed E-state index contributed by atoms with van der Waals surface area (Å²) in [5.41, 5.74) is 3.94. The first-order valence-corrected chi connectivity index (χ1v) is 8.59. The first-order valence-electron chi connectivity index (χ1n) is 7.71. The first kappa shape index (κ1) is 17.3. The molecule has 1 aromatic heterocycles. The summed E-state index contributed by atoms with van der Waals surface area (Å²) in [6, 6.07) is 16.2. The minimum atomic E-state index is -0.441. The molecular formula is C19H14N4O2S. The number of hydrogen-bond acceptors (Lipinski definition) is 6. The number of rotatable bonds is 5. The van der Waals surface area contributed by atoms with Crippen LogP contribution >= 0.6 is 11.3 Å². The second-order valence-corrected chi connectivity index (χ2v) is 6.38. The molecule has 3 aromatic rings. The molecule has 0 unspecified atom stereocenters. The van der Waals surface area contributed by atoms with E-state index in [-0.39, 0.29) is 5.69 Å². The van der Waals surface area contributed by atoms with Gasteiger partial charge in [0.15, 0.2) is 0 Å². The van der Waals surface area contributed by atoms with Gasteiger partial charge in [0.2, 0.25) is 0 Å². The fraction of sp³-hybridized carbons (Fsp3) is 0.0526. The summed E-state index contributed by atoms with van der Waals surface area (Å²) in [6.45, 7) is 2.01. The van der Waals surface area contributed by atoms with Gasteiger partial charge in [-0.2, -0.15) is 5.26 Å².